The number of halogens is 4. The summed E-state index contributed by atoms with van der Waals surface area (Å²) in [6, 6.07) is 9.47. The number of rotatable bonds is 4. The topological polar surface area (TPSA) is 48.3 Å². The molecule has 0 aromatic heterocycles. The second kappa shape index (κ2) is 7.84. The first-order valence-electron chi connectivity index (χ1n) is 8.35. The molecule has 3 rings (SSSR count). The number of nitrogens with zero attached hydrogens (tertiary/aromatic N) is 2. The van der Waals surface area contributed by atoms with Crippen molar-refractivity contribution in [2.75, 3.05) is 36.5 Å². The summed E-state index contributed by atoms with van der Waals surface area (Å²) >= 11 is 0. The monoisotopic (exact) mass is 379 g/mol. The van der Waals surface area contributed by atoms with E-state index in [1.54, 1.807) is 18.2 Å². The van der Waals surface area contributed by atoms with Crippen LogP contribution in [0.4, 0.5) is 28.9 Å². The van der Waals surface area contributed by atoms with Crippen molar-refractivity contribution in [3.05, 3.63) is 58.9 Å². The van der Waals surface area contributed by atoms with E-state index in [9.17, 15) is 17.6 Å². The Morgan fingerprint density at radius 3 is 2.48 bits per heavy atom. The van der Waals surface area contributed by atoms with Crippen LogP contribution in [0.15, 0.2) is 36.4 Å². The molecule has 1 heterocycles. The summed E-state index contributed by atoms with van der Waals surface area (Å²) in [6.45, 7) is 2.51. The Morgan fingerprint density at radius 1 is 1.11 bits per heavy atom. The van der Waals surface area contributed by atoms with Gasteiger partial charge in [-0.1, -0.05) is 6.07 Å². The van der Waals surface area contributed by atoms with E-state index in [1.165, 1.54) is 12.1 Å². The number of morpholine rings is 1. The van der Waals surface area contributed by atoms with Gasteiger partial charge in [0, 0.05) is 19.6 Å². The number of nitrogens with one attached hydrogen (secondary N) is 1. The molecule has 2 aromatic rings. The van der Waals surface area contributed by atoms with E-state index >= 15 is 0 Å². The van der Waals surface area contributed by atoms with Gasteiger partial charge in [-0.25, -0.2) is 4.39 Å². The van der Waals surface area contributed by atoms with Gasteiger partial charge >= 0.3 is 6.18 Å². The standard InChI is InChI=1S/C19H17F4N3O/c20-16-9-13(1-4-18(16)26-5-7-27-8-6-26)12-25-17-3-2-15(19(21,22)23)10-14(17)11-24/h1-4,9-10,25H,5-8,12H2. The fourth-order valence-electron chi connectivity index (χ4n) is 2.89. The smallest absolute Gasteiger partial charge is 0.380 e. The van der Waals surface area contributed by atoms with Crippen molar-refractivity contribution in [1.82, 2.24) is 0 Å². The second-order valence-corrected chi connectivity index (χ2v) is 6.11. The predicted molar refractivity (Wildman–Crippen MR) is 92.9 cm³/mol. The van der Waals surface area contributed by atoms with Crippen molar-refractivity contribution in [1.29, 1.82) is 5.26 Å². The van der Waals surface area contributed by atoms with E-state index in [-0.39, 0.29) is 23.6 Å². The van der Waals surface area contributed by atoms with Crippen molar-refractivity contribution in [3.8, 4) is 6.07 Å². The third kappa shape index (κ3) is 4.49. The van der Waals surface area contributed by atoms with Gasteiger partial charge in [0.1, 0.15) is 11.9 Å². The van der Waals surface area contributed by atoms with E-state index in [2.05, 4.69) is 5.32 Å². The van der Waals surface area contributed by atoms with Gasteiger partial charge in [0.05, 0.1) is 35.7 Å². The number of hydrogen-bond acceptors (Lipinski definition) is 4. The minimum absolute atomic E-state index is 0.116. The molecule has 0 unspecified atom stereocenters. The van der Waals surface area contributed by atoms with Gasteiger partial charge in [0.15, 0.2) is 0 Å². The minimum Gasteiger partial charge on any atom is -0.380 e. The van der Waals surface area contributed by atoms with Gasteiger partial charge in [-0.15, -0.1) is 0 Å². The number of ether oxygens (including phenoxy) is 1. The largest absolute Gasteiger partial charge is 0.416 e. The lowest BCUT2D eigenvalue weighted by atomic mass is 10.1. The van der Waals surface area contributed by atoms with Gasteiger partial charge in [-0.05, 0) is 35.9 Å². The molecule has 1 aliphatic heterocycles. The number of anilines is 2. The molecule has 0 atom stereocenters. The van der Waals surface area contributed by atoms with Gasteiger partial charge < -0.3 is 15.0 Å². The van der Waals surface area contributed by atoms with E-state index < -0.39 is 11.7 Å². The quantitative estimate of drug-likeness (QED) is 0.811. The Bertz CT molecular complexity index is 855. The van der Waals surface area contributed by atoms with Gasteiger partial charge in [0.2, 0.25) is 0 Å². The maximum Gasteiger partial charge on any atom is 0.416 e. The van der Waals surface area contributed by atoms with Crippen LogP contribution in [0.3, 0.4) is 0 Å². The maximum absolute atomic E-state index is 14.4. The zero-order valence-electron chi connectivity index (χ0n) is 14.3. The average molecular weight is 379 g/mol. The molecule has 27 heavy (non-hydrogen) atoms. The summed E-state index contributed by atoms with van der Waals surface area (Å²) in [6.07, 6.45) is -4.51. The van der Waals surface area contributed by atoms with Crippen molar-refractivity contribution < 1.29 is 22.3 Å². The molecule has 0 aliphatic carbocycles. The molecule has 1 aliphatic rings. The molecular formula is C19H17F4N3O. The highest BCUT2D eigenvalue weighted by Crippen LogP contribution is 2.32. The lowest BCUT2D eigenvalue weighted by Gasteiger charge is -2.29. The van der Waals surface area contributed by atoms with Crippen molar-refractivity contribution in [3.63, 3.8) is 0 Å². The Balaban J connectivity index is 1.71. The Hall–Kier alpha value is -2.79. The van der Waals surface area contributed by atoms with Gasteiger partial charge in [0.25, 0.3) is 0 Å². The molecule has 0 saturated carbocycles. The van der Waals surface area contributed by atoms with Crippen LogP contribution in [0.2, 0.25) is 0 Å². The SMILES string of the molecule is N#Cc1cc(C(F)(F)F)ccc1NCc1ccc(N2CCOCC2)c(F)c1. The molecule has 142 valence electrons. The second-order valence-electron chi connectivity index (χ2n) is 6.11. The van der Waals surface area contributed by atoms with Crippen molar-refractivity contribution >= 4 is 11.4 Å². The van der Waals surface area contributed by atoms with Crippen LogP contribution in [0.1, 0.15) is 16.7 Å². The molecule has 0 bridgehead atoms. The molecular weight excluding hydrogens is 362 g/mol. The zero-order valence-corrected chi connectivity index (χ0v) is 14.3. The van der Waals surface area contributed by atoms with Crippen LogP contribution in [-0.4, -0.2) is 26.3 Å². The molecule has 0 spiro atoms. The molecule has 0 amide bonds. The summed E-state index contributed by atoms with van der Waals surface area (Å²) in [7, 11) is 0. The van der Waals surface area contributed by atoms with Crippen LogP contribution < -0.4 is 10.2 Å². The van der Waals surface area contributed by atoms with Gasteiger partial charge in [-0.2, -0.15) is 18.4 Å². The number of benzene rings is 2. The molecule has 1 saturated heterocycles. The van der Waals surface area contributed by atoms with Crippen LogP contribution >= 0.6 is 0 Å². The maximum atomic E-state index is 14.4. The van der Waals surface area contributed by atoms with E-state index in [4.69, 9.17) is 10.00 Å². The summed E-state index contributed by atoms with van der Waals surface area (Å²) in [4.78, 5) is 1.90. The summed E-state index contributed by atoms with van der Waals surface area (Å²) in [5.74, 6) is -0.371. The first-order valence-corrected chi connectivity index (χ1v) is 8.35. The lowest BCUT2D eigenvalue weighted by Crippen LogP contribution is -2.36. The van der Waals surface area contributed by atoms with Crippen LogP contribution in [0, 0.1) is 17.1 Å². The fourth-order valence-corrected chi connectivity index (χ4v) is 2.89. The molecule has 2 aromatic carbocycles. The summed E-state index contributed by atoms with van der Waals surface area (Å²) in [5.41, 5.74) is 0.381. The first-order chi connectivity index (χ1) is 12.9. The molecule has 4 nitrogen and oxygen atoms in total. The highest BCUT2D eigenvalue weighted by Gasteiger charge is 2.31. The molecule has 8 heteroatoms. The third-order valence-electron chi connectivity index (χ3n) is 4.31. The van der Waals surface area contributed by atoms with Crippen LogP contribution in [0.25, 0.3) is 0 Å². The van der Waals surface area contributed by atoms with E-state index in [1.807, 2.05) is 4.90 Å². The van der Waals surface area contributed by atoms with Crippen molar-refractivity contribution in [2.45, 2.75) is 12.7 Å². The minimum atomic E-state index is -4.51. The van der Waals surface area contributed by atoms with Crippen LogP contribution in [-0.2, 0) is 17.5 Å². The Morgan fingerprint density at radius 2 is 1.85 bits per heavy atom. The predicted octanol–water partition coefficient (Wildman–Crippen LogP) is 4.16. The van der Waals surface area contributed by atoms with Crippen LogP contribution in [0.5, 0.6) is 0 Å². The highest BCUT2D eigenvalue weighted by atomic mass is 19.4. The summed E-state index contributed by atoms with van der Waals surface area (Å²) in [5, 5.41) is 12.0. The third-order valence-corrected chi connectivity index (χ3v) is 4.31. The fraction of sp³-hybridized carbons (Fsp3) is 0.316. The molecule has 0 radical (unpaired) electrons. The highest BCUT2D eigenvalue weighted by molar-refractivity contribution is 5.59. The average Bonchev–Trinajstić information content (AvgIpc) is 2.66. The molecule has 1 fully saturated rings. The van der Waals surface area contributed by atoms with E-state index in [0.717, 1.165) is 12.1 Å². The normalized spacial score (nSPS) is 14.7. The summed E-state index contributed by atoms with van der Waals surface area (Å²) < 4.78 is 57.9. The Kier molecular flexibility index (Phi) is 5.51. The van der Waals surface area contributed by atoms with Gasteiger partial charge in [-0.3, -0.25) is 0 Å². The number of nitriles is 1. The number of hydrogen-bond donors (Lipinski definition) is 1. The lowest BCUT2D eigenvalue weighted by molar-refractivity contribution is -0.137. The Labute approximate surface area is 154 Å². The van der Waals surface area contributed by atoms with Crippen molar-refractivity contribution in [2.24, 2.45) is 0 Å². The van der Waals surface area contributed by atoms with E-state index in [0.29, 0.717) is 37.6 Å². The first kappa shape index (κ1) is 19.0. The zero-order chi connectivity index (χ0) is 19.4. The molecule has 1 N–H and O–H groups in total. The number of alkyl halides is 3.